The predicted molar refractivity (Wildman–Crippen MR) is 103 cm³/mol. The largest absolute Gasteiger partial charge is 0.495 e. The molecule has 2 aromatic carbocycles. The van der Waals surface area contributed by atoms with Gasteiger partial charge in [0, 0.05) is 29.7 Å². The topological polar surface area (TPSA) is 46.6 Å². The molecule has 1 aliphatic rings. The van der Waals surface area contributed by atoms with Crippen LogP contribution in [0.15, 0.2) is 47.4 Å². The molecule has 0 aromatic heterocycles. The van der Waals surface area contributed by atoms with Crippen LogP contribution in [0.2, 0.25) is 0 Å². The fourth-order valence-corrected chi connectivity index (χ4v) is 6.16. The van der Waals surface area contributed by atoms with E-state index in [4.69, 9.17) is 4.74 Å². The average Bonchev–Trinajstić information content (AvgIpc) is 2.88. The lowest BCUT2D eigenvalue weighted by Gasteiger charge is -2.21. The lowest BCUT2D eigenvalue weighted by molar-refractivity contribution is 0.392. The summed E-state index contributed by atoms with van der Waals surface area (Å²) >= 11 is 1.60. The zero-order chi connectivity index (χ0) is 18.7. The van der Waals surface area contributed by atoms with E-state index in [0.29, 0.717) is 36.6 Å². The molecule has 4 nitrogen and oxygen atoms in total. The summed E-state index contributed by atoms with van der Waals surface area (Å²) < 4.78 is 47.1. The van der Waals surface area contributed by atoms with Crippen molar-refractivity contribution in [2.24, 2.45) is 0 Å². The number of ether oxygens (including phenoxy) is 1. The number of aryl methyl sites for hydroxylation is 1. The number of benzene rings is 2. The number of thioether (sulfide) groups is 1. The SMILES string of the molecule is COc1ccc(C)cc1S(=O)(=O)N1CCSC(c2ccccc2F)CC1. The summed E-state index contributed by atoms with van der Waals surface area (Å²) in [6.07, 6.45) is 0.568. The Kier molecular flexibility index (Phi) is 5.89. The van der Waals surface area contributed by atoms with Gasteiger partial charge in [0.1, 0.15) is 16.5 Å². The van der Waals surface area contributed by atoms with E-state index < -0.39 is 10.0 Å². The molecule has 0 aliphatic carbocycles. The first kappa shape index (κ1) is 19.2. The van der Waals surface area contributed by atoms with E-state index in [1.54, 1.807) is 36.0 Å². The van der Waals surface area contributed by atoms with Crippen molar-refractivity contribution in [2.45, 2.75) is 23.5 Å². The molecule has 0 bridgehead atoms. The summed E-state index contributed by atoms with van der Waals surface area (Å²) in [6.45, 7) is 2.60. The van der Waals surface area contributed by atoms with E-state index in [1.165, 1.54) is 17.5 Å². The van der Waals surface area contributed by atoms with Crippen molar-refractivity contribution >= 4 is 21.8 Å². The highest BCUT2D eigenvalue weighted by Gasteiger charge is 2.31. The highest BCUT2D eigenvalue weighted by Crippen LogP contribution is 2.37. The molecular weight excluding hydrogens is 373 g/mol. The van der Waals surface area contributed by atoms with Gasteiger partial charge in [0.2, 0.25) is 10.0 Å². The summed E-state index contributed by atoms with van der Waals surface area (Å²) in [5, 5.41) is -0.0456. The molecule has 3 rings (SSSR count). The van der Waals surface area contributed by atoms with E-state index in [1.807, 2.05) is 19.1 Å². The summed E-state index contributed by atoms with van der Waals surface area (Å²) in [7, 11) is -2.20. The molecule has 1 unspecified atom stereocenters. The fraction of sp³-hybridized carbons (Fsp3) is 0.368. The predicted octanol–water partition coefficient (Wildman–Crippen LogP) is 4.01. The highest BCUT2D eigenvalue weighted by molar-refractivity contribution is 7.99. The van der Waals surface area contributed by atoms with Crippen LogP contribution in [0.1, 0.15) is 22.8 Å². The molecule has 1 aliphatic heterocycles. The van der Waals surface area contributed by atoms with Gasteiger partial charge in [0.05, 0.1) is 7.11 Å². The lowest BCUT2D eigenvalue weighted by atomic mass is 10.1. The van der Waals surface area contributed by atoms with Crippen LogP contribution >= 0.6 is 11.8 Å². The van der Waals surface area contributed by atoms with Gasteiger partial charge in [-0.2, -0.15) is 16.1 Å². The van der Waals surface area contributed by atoms with Crippen molar-refractivity contribution in [3.05, 3.63) is 59.4 Å². The van der Waals surface area contributed by atoms with Crippen molar-refractivity contribution in [1.29, 1.82) is 0 Å². The normalized spacial score (nSPS) is 19.1. The molecule has 1 saturated heterocycles. The average molecular weight is 396 g/mol. The molecule has 26 heavy (non-hydrogen) atoms. The smallest absolute Gasteiger partial charge is 0.246 e. The second kappa shape index (κ2) is 7.98. The van der Waals surface area contributed by atoms with Gasteiger partial charge in [-0.3, -0.25) is 0 Å². The number of hydrogen-bond acceptors (Lipinski definition) is 4. The first-order chi connectivity index (χ1) is 12.4. The van der Waals surface area contributed by atoms with Gasteiger partial charge in [-0.05, 0) is 37.1 Å². The molecule has 0 N–H and O–H groups in total. The van der Waals surface area contributed by atoms with Crippen LogP contribution in [0.4, 0.5) is 4.39 Å². The van der Waals surface area contributed by atoms with Gasteiger partial charge in [-0.1, -0.05) is 24.3 Å². The Balaban J connectivity index is 1.85. The van der Waals surface area contributed by atoms with Gasteiger partial charge in [0.25, 0.3) is 0 Å². The molecule has 0 radical (unpaired) electrons. The first-order valence-electron chi connectivity index (χ1n) is 8.44. The Hall–Kier alpha value is -1.57. The molecule has 1 atom stereocenters. The first-order valence-corrected chi connectivity index (χ1v) is 10.9. The van der Waals surface area contributed by atoms with E-state index in [2.05, 4.69) is 0 Å². The quantitative estimate of drug-likeness (QED) is 0.785. The van der Waals surface area contributed by atoms with E-state index >= 15 is 0 Å². The van der Waals surface area contributed by atoms with Gasteiger partial charge in [0.15, 0.2) is 0 Å². The van der Waals surface area contributed by atoms with Crippen molar-refractivity contribution in [1.82, 2.24) is 4.31 Å². The number of hydrogen-bond donors (Lipinski definition) is 0. The van der Waals surface area contributed by atoms with Crippen molar-refractivity contribution in [2.75, 3.05) is 26.0 Å². The second-order valence-electron chi connectivity index (χ2n) is 6.23. The van der Waals surface area contributed by atoms with Crippen LogP contribution in [-0.2, 0) is 10.0 Å². The van der Waals surface area contributed by atoms with Crippen molar-refractivity contribution in [3.8, 4) is 5.75 Å². The Morgan fingerprint density at radius 3 is 2.69 bits per heavy atom. The van der Waals surface area contributed by atoms with Gasteiger partial charge in [-0.15, -0.1) is 0 Å². The van der Waals surface area contributed by atoms with Gasteiger partial charge >= 0.3 is 0 Å². The summed E-state index contributed by atoms with van der Waals surface area (Å²) in [5.41, 5.74) is 1.50. The van der Waals surface area contributed by atoms with Crippen LogP contribution in [0, 0.1) is 12.7 Å². The summed E-state index contributed by atoms with van der Waals surface area (Å²) in [6, 6.07) is 11.9. The van der Waals surface area contributed by atoms with E-state index in [-0.39, 0.29) is 16.0 Å². The van der Waals surface area contributed by atoms with Crippen LogP contribution < -0.4 is 4.74 Å². The fourth-order valence-electron chi connectivity index (χ4n) is 3.10. The van der Waals surface area contributed by atoms with E-state index in [0.717, 1.165) is 5.56 Å². The Morgan fingerprint density at radius 1 is 1.19 bits per heavy atom. The summed E-state index contributed by atoms with van der Waals surface area (Å²) in [5.74, 6) is 0.728. The minimum atomic E-state index is -3.67. The maximum Gasteiger partial charge on any atom is 0.246 e. The van der Waals surface area contributed by atoms with Gasteiger partial charge < -0.3 is 4.74 Å². The molecule has 1 heterocycles. The standard InChI is InChI=1S/C19H22FNO3S2/c1-14-7-8-17(24-2)19(13-14)26(22,23)21-10-9-18(25-12-11-21)15-5-3-4-6-16(15)20/h3-8,13,18H,9-12H2,1-2H3. The Labute approximate surface area is 158 Å². The molecule has 140 valence electrons. The second-order valence-corrected chi connectivity index (χ2v) is 9.44. The number of methoxy groups -OCH3 is 1. The number of nitrogens with zero attached hydrogens (tertiary/aromatic N) is 1. The molecule has 2 aromatic rings. The van der Waals surface area contributed by atoms with Crippen molar-refractivity contribution in [3.63, 3.8) is 0 Å². The monoisotopic (exact) mass is 395 g/mol. The van der Waals surface area contributed by atoms with Crippen LogP contribution in [-0.4, -0.2) is 38.7 Å². The van der Waals surface area contributed by atoms with Crippen molar-refractivity contribution < 1.29 is 17.5 Å². The van der Waals surface area contributed by atoms with Crippen LogP contribution in [0.5, 0.6) is 5.75 Å². The molecule has 1 fully saturated rings. The molecule has 0 amide bonds. The van der Waals surface area contributed by atoms with Crippen LogP contribution in [0.25, 0.3) is 0 Å². The van der Waals surface area contributed by atoms with E-state index in [9.17, 15) is 12.8 Å². The number of sulfonamides is 1. The maximum absolute atomic E-state index is 14.1. The third-order valence-corrected chi connectivity index (χ3v) is 7.72. The summed E-state index contributed by atoms with van der Waals surface area (Å²) in [4.78, 5) is 0.189. The zero-order valence-electron chi connectivity index (χ0n) is 14.8. The number of halogens is 1. The van der Waals surface area contributed by atoms with Gasteiger partial charge in [-0.25, -0.2) is 12.8 Å². The Bertz CT molecular complexity index is 886. The lowest BCUT2D eigenvalue weighted by Crippen LogP contribution is -2.33. The number of rotatable bonds is 4. The molecule has 7 heteroatoms. The Morgan fingerprint density at radius 2 is 1.96 bits per heavy atom. The minimum absolute atomic E-state index is 0.0456. The third-order valence-electron chi connectivity index (χ3n) is 4.49. The maximum atomic E-state index is 14.1. The third kappa shape index (κ3) is 3.89. The van der Waals surface area contributed by atoms with Crippen LogP contribution in [0.3, 0.4) is 0 Å². The highest BCUT2D eigenvalue weighted by atomic mass is 32.2. The molecule has 0 saturated carbocycles. The zero-order valence-corrected chi connectivity index (χ0v) is 16.4. The minimum Gasteiger partial charge on any atom is -0.495 e. The molecule has 0 spiro atoms. The molecular formula is C19H22FNO3S2.